The number of carbonyl (C=O) groups is 2. The summed E-state index contributed by atoms with van der Waals surface area (Å²) in [6.07, 6.45) is 3.09. The van der Waals surface area contributed by atoms with Crippen LogP contribution < -0.4 is 5.32 Å². The van der Waals surface area contributed by atoms with Gasteiger partial charge in [-0.05, 0) is 18.2 Å². The van der Waals surface area contributed by atoms with Crippen molar-refractivity contribution in [3.63, 3.8) is 0 Å². The third-order valence-electron chi connectivity index (χ3n) is 3.51. The first-order valence-electron chi connectivity index (χ1n) is 7.30. The largest absolute Gasteiger partial charge is 0.467 e. The molecule has 0 saturated heterocycles. The van der Waals surface area contributed by atoms with Crippen molar-refractivity contribution in [2.45, 2.75) is 18.6 Å². The quantitative estimate of drug-likeness (QED) is 0.626. The van der Waals surface area contributed by atoms with Gasteiger partial charge in [-0.2, -0.15) is 13.2 Å². The van der Waals surface area contributed by atoms with Crippen LogP contribution in [-0.4, -0.2) is 35.0 Å². The Bertz CT molecular complexity index is 839. The number of nitrogens with zero attached hydrogens (tertiary/aromatic N) is 1. The maximum Gasteiger partial charge on any atom is 0.417 e. The van der Waals surface area contributed by atoms with E-state index in [1.54, 1.807) is 0 Å². The number of halogens is 3. The molecule has 1 atom stereocenters. The molecule has 0 aliphatic rings. The molecular weight excluding hydrogens is 351 g/mol. The first-order chi connectivity index (χ1) is 12.3. The van der Waals surface area contributed by atoms with Gasteiger partial charge in [0.1, 0.15) is 6.04 Å². The third-order valence-corrected chi connectivity index (χ3v) is 3.51. The van der Waals surface area contributed by atoms with Gasteiger partial charge in [0.05, 0.1) is 24.6 Å². The number of benzene rings is 1. The zero-order chi connectivity index (χ0) is 19.3. The summed E-state index contributed by atoms with van der Waals surface area (Å²) in [4.78, 5) is 30.8. The van der Waals surface area contributed by atoms with Crippen molar-refractivity contribution < 1.29 is 27.5 Å². The molecule has 0 fully saturated rings. The Morgan fingerprint density at radius 2 is 2.15 bits per heavy atom. The first-order valence-corrected chi connectivity index (χ1v) is 7.30. The number of ether oxygens (including phenoxy) is 1. The number of hydrogen-bond donors (Lipinski definition) is 2. The van der Waals surface area contributed by atoms with Crippen LogP contribution in [0.25, 0.3) is 0 Å². The molecule has 1 heterocycles. The van der Waals surface area contributed by atoms with Crippen LogP contribution in [0.1, 0.15) is 27.2 Å². The minimum absolute atomic E-state index is 0.0177. The van der Waals surface area contributed by atoms with Crippen LogP contribution in [0.4, 0.5) is 13.2 Å². The number of H-pyrrole nitrogens is 1. The summed E-state index contributed by atoms with van der Waals surface area (Å²) >= 11 is 0. The topological polar surface area (TPSA) is 84.1 Å². The van der Waals surface area contributed by atoms with Gasteiger partial charge in [0.2, 0.25) is 0 Å². The lowest BCUT2D eigenvalue weighted by molar-refractivity contribution is -0.142. The standard InChI is InChI=1S/C17H14F3N3O3/c1-3-10-4-5-12(13(6-10)17(18,19)20)15(24)23-14(16(25)26-2)7-11-8-21-9-22-11/h1,4-6,8-9,14H,7H2,2H3,(H,21,22)(H,23,24)/t14-/m1/s1. The maximum atomic E-state index is 13.2. The van der Waals surface area contributed by atoms with E-state index in [4.69, 9.17) is 6.42 Å². The van der Waals surface area contributed by atoms with Crippen LogP contribution in [-0.2, 0) is 22.1 Å². The zero-order valence-corrected chi connectivity index (χ0v) is 13.6. The molecule has 2 aromatic rings. The Labute approximate surface area is 146 Å². The van der Waals surface area contributed by atoms with Gasteiger partial charge < -0.3 is 15.0 Å². The summed E-state index contributed by atoms with van der Waals surface area (Å²) in [6.45, 7) is 0. The van der Waals surface area contributed by atoms with Crippen molar-refractivity contribution in [3.05, 3.63) is 53.1 Å². The van der Waals surface area contributed by atoms with E-state index < -0.39 is 35.2 Å². The highest BCUT2D eigenvalue weighted by Crippen LogP contribution is 2.32. The molecule has 26 heavy (non-hydrogen) atoms. The molecule has 6 nitrogen and oxygen atoms in total. The molecule has 0 bridgehead atoms. The SMILES string of the molecule is C#Cc1ccc(C(=O)N[C@H](Cc2cnc[nH]2)C(=O)OC)c(C(F)(F)F)c1. The van der Waals surface area contributed by atoms with Crippen LogP contribution in [0.3, 0.4) is 0 Å². The minimum atomic E-state index is -4.79. The van der Waals surface area contributed by atoms with Crippen LogP contribution in [0, 0.1) is 12.3 Å². The molecule has 0 radical (unpaired) electrons. The Hall–Kier alpha value is -3.28. The molecule has 0 aliphatic carbocycles. The van der Waals surface area contributed by atoms with Crippen LogP contribution >= 0.6 is 0 Å². The molecule has 0 aliphatic heterocycles. The van der Waals surface area contributed by atoms with Crippen molar-refractivity contribution in [2.75, 3.05) is 7.11 Å². The monoisotopic (exact) mass is 365 g/mol. The Balaban J connectivity index is 2.32. The lowest BCUT2D eigenvalue weighted by Crippen LogP contribution is -2.43. The smallest absolute Gasteiger partial charge is 0.417 e. The number of carbonyl (C=O) groups excluding carboxylic acids is 2. The van der Waals surface area contributed by atoms with Gasteiger partial charge in [-0.3, -0.25) is 4.79 Å². The van der Waals surface area contributed by atoms with E-state index >= 15 is 0 Å². The molecule has 1 aromatic carbocycles. The summed E-state index contributed by atoms with van der Waals surface area (Å²) in [5.41, 5.74) is -1.35. The Morgan fingerprint density at radius 3 is 2.69 bits per heavy atom. The molecule has 1 amide bonds. The molecule has 0 saturated carbocycles. The number of methoxy groups -OCH3 is 1. The molecule has 1 aromatic heterocycles. The summed E-state index contributed by atoms with van der Waals surface area (Å²) in [7, 11) is 1.11. The number of imidazole rings is 1. The average molecular weight is 365 g/mol. The zero-order valence-electron chi connectivity index (χ0n) is 13.6. The molecular formula is C17H14F3N3O3. The van der Waals surface area contributed by atoms with Gasteiger partial charge in [-0.15, -0.1) is 6.42 Å². The second-order valence-electron chi connectivity index (χ2n) is 5.23. The minimum Gasteiger partial charge on any atom is -0.467 e. The number of aromatic nitrogens is 2. The Kier molecular flexibility index (Phi) is 5.67. The number of terminal acetylenes is 1. The van der Waals surface area contributed by atoms with Gasteiger partial charge >= 0.3 is 12.1 Å². The number of hydrogen-bond acceptors (Lipinski definition) is 4. The summed E-state index contributed by atoms with van der Waals surface area (Å²) in [5, 5.41) is 2.26. The van der Waals surface area contributed by atoms with E-state index in [0.717, 1.165) is 13.2 Å². The van der Waals surface area contributed by atoms with E-state index in [1.807, 2.05) is 0 Å². The van der Waals surface area contributed by atoms with Crippen LogP contribution in [0.2, 0.25) is 0 Å². The average Bonchev–Trinajstić information content (AvgIpc) is 3.12. The predicted molar refractivity (Wildman–Crippen MR) is 84.9 cm³/mol. The predicted octanol–water partition coefficient (Wildman–Crippen LogP) is 1.92. The van der Waals surface area contributed by atoms with Crippen molar-refractivity contribution >= 4 is 11.9 Å². The van der Waals surface area contributed by atoms with E-state index in [2.05, 4.69) is 25.9 Å². The van der Waals surface area contributed by atoms with Gasteiger partial charge in [0.25, 0.3) is 5.91 Å². The summed E-state index contributed by atoms with van der Waals surface area (Å²) in [5.74, 6) is 0.209. The van der Waals surface area contributed by atoms with Crippen molar-refractivity contribution in [2.24, 2.45) is 0 Å². The lowest BCUT2D eigenvalue weighted by atomic mass is 10.0. The first kappa shape index (κ1) is 19.1. The molecule has 0 unspecified atom stereocenters. The van der Waals surface area contributed by atoms with Crippen molar-refractivity contribution in [1.29, 1.82) is 0 Å². The Morgan fingerprint density at radius 1 is 1.42 bits per heavy atom. The van der Waals surface area contributed by atoms with E-state index in [1.165, 1.54) is 18.6 Å². The van der Waals surface area contributed by atoms with E-state index in [-0.39, 0.29) is 12.0 Å². The fraction of sp³-hybridized carbons (Fsp3) is 0.235. The van der Waals surface area contributed by atoms with Gasteiger partial charge in [0, 0.05) is 23.9 Å². The maximum absolute atomic E-state index is 13.2. The van der Waals surface area contributed by atoms with Crippen LogP contribution in [0.15, 0.2) is 30.7 Å². The second kappa shape index (κ2) is 7.74. The lowest BCUT2D eigenvalue weighted by Gasteiger charge is -2.18. The summed E-state index contributed by atoms with van der Waals surface area (Å²) in [6, 6.07) is 1.70. The van der Waals surface area contributed by atoms with Crippen LogP contribution in [0.5, 0.6) is 0 Å². The fourth-order valence-electron chi connectivity index (χ4n) is 2.25. The molecule has 9 heteroatoms. The number of amides is 1. The number of aromatic amines is 1. The number of esters is 1. The molecule has 2 rings (SSSR count). The fourth-order valence-corrected chi connectivity index (χ4v) is 2.25. The normalized spacial score (nSPS) is 12.1. The summed E-state index contributed by atoms with van der Waals surface area (Å²) < 4.78 is 44.3. The van der Waals surface area contributed by atoms with Gasteiger partial charge in [-0.25, -0.2) is 9.78 Å². The number of rotatable bonds is 5. The molecule has 2 N–H and O–H groups in total. The highest BCUT2D eigenvalue weighted by Gasteiger charge is 2.36. The number of alkyl halides is 3. The molecule has 0 spiro atoms. The van der Waals surface area contributed by atoms with Gasteiger partial charge in [-0.1, -0.05) is 5.92 Å². The highest BCUT2D eigenvalue weighted by atomic mass is 19.4. The van der Waals surface area contributed by atoms with E-state index in [9.17, 15) is 22.8 Å². The van der Waals surface area contributed by atoms with E-state index in [0.29, 0.717) is 11.8 Å². The highest BCUT2D eigenvalue weighted by molar-refractivity contribution is 5.98. The number of nitrogens with one attached hydrogen (secondary N) is 2. The third kappa shape index (κ3) is 4.42. The molecule has 136 valence electrons. The second-order valence-corrected chi connectivity index (χ2v) is 5.23. The van der Waals surface area contributed by atoms with Crippen molar-refractivity contribution in [1.82, 2.24) is 15.3 Å². The van der Waals surface area contributed by atoms with Gasteiger partial charge in [0.15, 0.2) is 0 Å². The van der Waals surface area contributed by atoms with Crippen molar-refractivity contribution in [3.8, 4) is 12.3 Å².